The molecule has 0 aliphatic heterocycles. The zero-order valence-electron chi connectivity index (χ0n) is 16.5. The summed E-state index contributed by atoms with van der Waals surface area (Å²) in [5.41, 5.74) is 3.45. The minimum absolute atomic E-state index is 0.182. The maximum Gasteiger partial charge on any atom is 0.235 e. The van der Waals surface area contributed by atoms with Crippen molar-refractivity contribution in [3.8, 4) is 6.07 Å². The first-order valence-corrected chi connectivity index (χ1v) is 11.0. The van der Waals surface area contributed by atoms with Gasteiger partial charge in [0.05, 0.1) is 11.3 Å². The monoisotopic (exact) mass is 426 g/mol. The summed E-state index contributed by atoms with van der Waals surface area (Å²) in [5.74, 6) is 0.557. The standard InChI is InChI=1S/C20H22N6OS2/c1-4-22-19-24-25-20(29-19)28-12-17(27)23-18-16(10-21)13(2)14(3)26(18)11-15-8-6-5-7-9-15/h5-9H,4,11-12H2,1-3H3,(H,22,24)(H,23,27). The molecular weight excluding hydrogens is 404 g/mol. The maximum atomic E-state index is 12.6. The average molecular weight is 427 g/mol. The van der Waals surface area contributed by atoms with Gasteiger partial charge in [0, 0.05) is 18.8 Å². The van der Waals surface area contributed by atoms with Gasteiger partial charge < -0.3 is 15.2 Å². The Kier molecular flexibility index (Phi) is 6.90. The summed E-state index contributed by atoms with van der Waals surface area (Å²) < 4.78 is 2.71. The molecule has 0 bridgehead atoms. The fourth-order valence-corrected chi connectivity index (χ4v) is 4.50. The van der Waals surface area contributed by atoms with Crippen LogP contribution in [0.3, 0.4) is 0 Å². The van der Waals surface area contributed by atoms with Crippen LogP contribution in [0.4, 0.5) is 10.9 Å². The molecule has 0 saturated carbocycles. The van der Waals surface area contributed by atoms with E-state index in [1.807, 2.05) is 55.7 Å². The average Bonchev–Trinajstić information content (AvgIpc) is 3.26. The Morgan fingerprint density at radius 1 is 1.28 bits per heavy atom. The zero-order valence-corrected chi connectivity index (χ0v) is 18.2. The lowest BCUT2D eigenvalue weighted by atomic mass is 10.2. The van der Waals surface area contributed by atoms with Gasteiger partial charge in [-0.2, -0.15) is 5.26 Å². The van der Waals surface area contributed by atoms with E-state index < -0.39 is 0 Å². The highest BCUT2D eigenvalue weighted by Gasteiger charge is 2.20. The first-order valence-electron chi connectivity index (χ1n) is 9.17. The van der Waals surface area contributed by atoms with Crippen LogP contribution >= 0.6 is 23.1 Å². The lowest BCUT2D eigenvalue weighted by molar-refractivity contribution is -0.113. The van der Waals surface area contributed by atoms with E-state index in [2.05, 4.69) is 26.9 Å². The third kappa shape index (κ3) is 4.96. The van der Waals surface area contributed by atoms with E-state index in [-0.39, 0.29) is 11.7 Å². The topological polar surface area (TPSA) is 95.6 Å². The number of benzene rings is 1. The fourth-order valence-electron chi connectivity index (χ4n) is 2.88. The molecule has 29 heavy (non-hydrogen) atoms. The Morgan fingerprint density at radius 2 is 2.03 bits per heavy atom. The molecule has 0 radical (unpaired) electrons. The molecule has 3 rings (SSSR count). The Hall–Kier alpha value is -2.83. The highest BCUT2D eigenvalue weighted by molar-refractivity contribution is 8.01. The van der Waals surface area contributed by atoms with Crippen molar-refractivity contribution in [3.05, 3.63) is 52.7 Å². The summed E-state index contributed by atoms with van der Waals surface area (Å²) >= 11 is 2.75. The predicted octanol–water partition coefficient (Wildman–Crippen LogP) is 4.04. The Morgan fingerprint density at radius 3 is 2.72 bits per heavy atom. The smallest absolute Gasteiger partial charge is 0.235 e. The fraction of sp³-hybridized carbons (Fsp3) is 0.300. The van der Waals surface area contributed by atoms with E-state index in [0.717, 1.165) is 32.8 Å². The summed E-state index contributed by atoms with van der Waals surface area (Å²) in [6, 6.07) is 12.2. The van der Waals surface area contributed by atoms with E-state index >= 15 is 0 Å². The second-order valence-corrected chi connectivity index (χ2v) is 8.56. The lowest BCUT2D eigenvalue weighted by Crippen LogP contribution is -2.18. The molecule has 0 aliphatic carbocycles. The highest BCUT2D eigenvalue weighted by atomic mass is 32.2. The number of anilines is 2. The molecule has 1 aromatic carbocycles. The number of hydrogen-bond acceptors (Lipinski definition) is 7. The van der Waals surface area contributed by atoms with Crippen LogP contribution in [0.2, 0.25) is 0 Å². The normalized spacial score (nSPS) is 10.6. The summed E-state index contributed by atoms with van der Waals surface area (Å²) in [6.45, 7) is 7.22. The molecule has 0 saturated heterocycles. The van der Waals surface area contributed by atoms with Gasteiger partial charge in [0.2, 0.25) is 11.0 Å². The summed E-state index contributed by atoms with van der Waals surface area (Å²) in [5, 5.41) is 24.5. The van der Waals surface area contributed by atoms with Crippen LogP contribution < -0.4 is 10.6 Å². The third-order valence-corrected chi connectivity index (χ3v) is 6.46. The molecule has 0 aliphatic rings. The summed E-state index contributed by atoms with van der Waals surface area (Å²) in [7, 11) is 0. The molecule has 1 amide bonds. The Labute approximate surface area is 178 Å². The molecule has 0 unspecified atom stereocenters. The van der Waals surface area contributed by atoms with Crippen molar-refractivity contribution in [2.24, 2.45) is 0 Å². The lowest BCUT2D eigenvalue weighted by Gasteiger charge is -2.13. The molecule has 2 aromatic heterocycles. The van der Waals surface area contributed by atoms with Crippen molar-refractivity contribution in [2.45, 2.75) is 31.7 Å². The van der Waals surface area contributed by atoms with Crippen molar-refractivity contribution in [1.82, 2.24) is 14.8 Å². The maximum absolute atomic E-state index is 12.6. The van der Waals surface area contributed by atoms with E-state index in [1.165, 1.54) is 23.1 Å². The van der Waals surface area contributed by atoms with E-state index in [1.54, 1.807) is 0 Å². The quantitative estimate of drug-likeness (QED) is 0.528. The van der Waals surface area contributed by atoms with Crippen LogP contribution in [-0.4, -0.2) is 33.0 Å². The SMILES string of the molecule is CCNc1nnc(SCC(=O)Nc2c(C#N)c(C)c(C)n2Cc2ccccc2)s1. The van der Waals surface area contributed by atoms with Gasteiger partial charge in [0.1, 0.15) is 11.9 Å². The van der Waals surface area contributed by atoms with Crippen LogP contribution in [0.1, 0.15) is 29.3 Å². The number of nitriles is 1. The van der Waals surface area contributed by atoms with Crippen LogP contribution in [0.25, 0.3) is 0 Å². The van der Waals surface area contributed by atoms with Crippen LogP contribution in [0.5, 0.6) is 0 Å². The third-order valence-electron chi connectivity index (χ3n) is 4.44. The number of aromatic nitrogens is 3. The molecule has 9 heteroatoms. The number of rotatable bonds is 8. The Balaban J connectivity index is 1.75. The molecule has 7 nitrogen and oxygen atoms in total. The van der Waals surface area contributed by atoms with Crippen molar-refractivity contribution >= 4 is 40.0 Å². The van der Waals surface area contributed by atoms with Gasteiger partial charge in [0.15, 0.2) is 4.34 Å². The van der Waals surface area contributed by atoms with Gasteiger partial charge in [-0.15, -0.1) is 10.2 Å². The zero-order chi connectivity index (χ0) is 20.8. The number of thioether (sulfide) groups is 1. The van der Waals surface area contributed by atoms with E-state index in [9.17, 15) is 10.1 Å². The van der Waals surface area contributed by atoms with Crippen LogP contribution in [0, 0.1) is 25.2 Å². The molecule has 0 spiro atoms. The number of hydrogen-bond donors (Lipinski definition) is 2. The number of nitrogens with zero attached hydrogens (tertiary/aromatic N) is 4. The molecule has 0 fully saturated rings. The van der Waals surface area contributed by atoms with Crippen molar-refractivity contribution in [3.63, 3.8) is 0 Å². The Bertz CT molecular complexity index is 1040. The minimum Gasteiger partial charge on any atom is -0.360 e. The van der Waals surface area contributed by atoms with Gasteiger partial charge >= 0.3 is 0 Å². The van der Waals surface area contributed by atoms with Crippen LogP contribution in [0.15, 0.2) is 34.7 Å². The van der Waals surface area contributed by atoms with E-state index in [4.69, 9.17) is 0 Å². The van der Waals surface area contributed by atoms with Crippen LogP contribution in [-0.2, 0) is 11.3 Å². The van der Waals surface area contributed by atoms with Crippen molar-refractivity contribution in [1.29, 1.82) is 5.26 Å². The largest absolute Gasteiger partial charge is 0.360 e. The summed E-state index contributed by atoms with van der Waals surface area (Å²) in [6.07, 6.45) is 0. The molecule has 0 atom stereocenters. The molecule has 2 heterocycles. The molecular formula is C20H22N6OS2. The second-order valence-electron chi connectivity index (χ2n) is 6.36. The summed E-state index contributed by atoms with van der Waals surface area (Å²) in [4.78, 5) is 12.6. The van der Waals surface area contributed by atoms with Gasteiger partial charge in [-0.05, 0) is 31.9 Å². The molecule has 150 valence electrons. The molecule has 2 N–H and O–H groups in total. The van der Waals surface area contributed by atoms with Gasteiger partial charge in [-0.3, -0.25) is 4.79 Å². The van der Waals surface area contributed by atoms with E-state index in [0.29, 0.717) is 17.9 Å². The molecule has 3 aromatic rings. The van der Waals surface area contributed by atoms with Gasteiger partial charge in [0.25, 0.3) is 0 Å². The number of amides is 1. The first-order chi connectivity index (χ1) is 14.0. The number of carbonyl (C=O) groups is 1. The van der Waals surface area contributed by atoms with Crippen molar-refractivity contribution in [2.75, 3.05) is 22.9 Å². The minimum atomic E-state index is -0.182. The number of nitrogens with one attached hydrogen (secondary N) is 2. The van der Waals surface area contributed by atoms with Gasteiger partial charge in [-0.25, -0.2) is 0 Å². The number of carbonyl (C=O) groups excluding carboxylic acids is 1. The predicted molar refractivity (Wildman–Crippen MR) is 118 cm³/mol. The highest BCUT2D eigenvalue weighted by Crippen LogP contribution is 2.29. The van der Waals surface area contributed by atoms with Crippen molar-refractivity contribution < 1.29 is 4.79 Å². The second kappa shape index (κ2) is 9.58. The first kappa shape index (κ1) is 20.9. The van der Waals surface area contributed by atoms with Gasteiger partial charge in [-0.1, -0.05) is 53.4 Å².